The van der Waals surface area contributed by atoms with Crippen molar-refractivity contribution in [3.8, 4) is 11.9 Å². The summed E-state index contributed by atoms with van der Waals surface area (Å²) in [5.41, 5.74) is 2.14. The molecule has 10 nitrogen and oxygen atoms in total. The maximum absolute atomic E-state index is 12.8. The van der Waals surface area contributed by atoms with Crippen LogP contribution in [-0.4, -0.2) is 47.1 Å². The van der Waals surface area contributed by atoms with Gasteiger partial charge in [-0.3, -0.25) is 9.59 Å². The van der Waals surface area contributed by atoms with Crippen molar-refractivity contribution in [2.75, 3.05) is 25.1 Å². The second-order valence-electron chi connectivity index (χ2n) is 8.67. The minimum Gasteiger partial charge on any atom is -0.488 e. The highest BCUT2D eigenvalue weighted by Gasteiger charge is 2.30. The average molecular weight is 500 g/mol. The number of carbonyl (C=O) groups is 1. The van der Waals surface area contributed by atoms with Gasteiger partial charge in [0.05, 0.1) is 37.3 Å². The molecule has 5 rings (SSSR count). The molecule has 2 aromatic heterocycles. The van der Waals surface area contributed by atoms with Crippen LogP contribution in [0.25, 0.3) is 0 Å². The number of aromatic nitrogens is 2. The lowest BCUT2D eigenvalue weighted by Crippen LogP contribution is -2.30. The topological polar surface area (TPSA) is 121 Å². The van der Waals surface area contributed by atoms with Crippen LogP contribution < -0.4 is 15.2 Å². The number of anilines is 1. The Balaban J connectivity index is 1.33. The number of nitriles is 1. The SMILES string of the molecule is COc1ncc(N2C=COC(C3=C(O[C@H]4CCN(C(=O)c5ccc(=O)[nH]c5)C4)C=CCC3)=C2)cc1C#N. The van der Waals surface area contributed by atoms with Crippen molar-refractivity contribution in [2.24, 2.45) is 0 Å². The molecule has 3 aliphatic rings. The number of aromatic amines is 1. The van der Waals surface area contributed by atoms with Crippen LogP contribution in [0.3, 0.4) is 0 Å². The number of H-pyrrole nitrogens is 1. The summed E-state index contributed by atoms with van der Waals surface area (Å²) in [5, 5.41) is 9.41. The fourth-order valence-electron chi connectivity index (χ4n) is 4.42. The zero-order chi connectivity index (χ0) is 25.8. The Bertz CT molecular complexity index is 1410. The standard InChI is InChI=1S/C27H25N5O5/c1-35-26-19(13-28)12-20(15-30-26)31-10-11-36-24(17-31)22-4-2-3-5-23(22)37-21-8-9-32(16-21)27(34)18-6-7-25(33)29-14-18/h3,5-7,10-12,14-15,17,21H,2,4,8-9,16H2,1H3,(H,29,33)/t21-/m0/s1. The summed E-state index contributed by atoms with van der Waals surface area (Å²) in [5.74, 6) is 1.48. The Hall–Kier alpha value is -4.78. The summed E-state index contributed by atoms with van der Waals surface area (Å²) in [6, 6.07) is 6.68. The van der Waals surface area contributed by atoms with E-state index in [1.807, 2.05) is 17.2 Å². The van der Waals surface area contributed by atoms with Gasteiger partial charge in [0.1, 0.15) is 35.5 Å². The van der Waals surface area contributed by atoms with Gasteiger partial charge < -0.3 is 29.0 Å². The first-order valence-corrected chi connectivity index (χ1v) is 11.9. The fraction of sp³-hybridized carbons (Fsp3) is 0.259. The summed E-state index contributed by atoms with van der Waals surface area (Å²) in [6.45, 7) is 1.01. The average Bonchev–Trinajstić information content (AvgIpc) is 3.41. The van der Waals surface area contributed by atoms with Crippen LogP contribution in [0.4, 0.5) is 5.69 Å². The quantitative estimate of drug-likeness (QED) is 0.643. The van der Waals surface area contributed by atoms with Crippen molar-refractivity contribution in [1.29, 1.82) is 5.26 Å². The van der Waals surface area contributed by atoms with Crippen LogP contribution in [0, 0.1) is 11.3 Å². The van der Waals surface area contributed by atoms with Crippen LogP contribution in [0.2, 0.25) is 0 Å². The summed E-state index contributed by atoms with van der Waals surface area (Å²) in [7, 11) is 1.48. The minimum absolute atomic E-state index is 0.139. The predicted octanol–water partition coefficient (Wildman–Crippen LogP) is 3.33. The van der Waals surface area contributed by atoms with Gasteiger partial charge in [-0.05, 0) is 31.1 Å². The zero-order valence-electron chi connectivity index (χ0n) is 20.2. The van der Waals surface area contributed by atoms with Gasteiger partial charge in [-0.2, -0.15) is 5.26 Å². The second-order valence-corrected chi connectivity index (χ2v) is 8.67. The molecule has 2 aromatic rings. The first-order valence-electron chi connectivity index (χ1n) is 11.9. The third-order valence-electron chi connectivity index (χ3n) is 6.30. The number of carbonyl (C=O) groups excluding carboxylic acids is 1. The number of ether oxygens (including phenoxy) is 3. The first-order chi connectivity index (χ1) is 18.1. The molecular formula is C27H25N5O5. The number of pyridine rings is 2. The molecule has 10 heteroatoms. The Morgan fingerprint density at radius 2 is 2.24 bits per heavy atom. The lowest BCUT2D eigenvalue weighted by Gasteiger charge is -2.26. The maximum atomic E-state index is 12.8. The fourth-order valence-corrected chi connectivity index (χ4v) is 4.42. The van der Waals surface area contributed by atoms with Gasteiger partial charge in [-0.15, -0.1) is 0 Å². The lowest BCUT2D eigenvalue weighted by atomic mass is 10.0. The molecule has 2 aliphatic heterocycles. The summed E-state index contributed by atoms with van der Waals surface area (Å²) < 4.78 is 17.4. The summed E-state index contributed by atoms with van der Waals surface area (Å²) >= 11 is 0. The van der Waals surface area contributed by atoms with Crippen LogP contribution in [0.1, 0.15) is 35.2 Å². The highest BCUT2D eigenvalue weighted by atomic mass is 16.5. The number of nitrogens with zero attached hydrogens (tertiary/aromatic N) is 4. The van der Waals surface area contributed by atoms with E-state index in [2.05, 4.69) is 22.1 Å². The van der Waals surface area contributed by atoms with E-state index in [9.17, 15) is 14.9 Å². The van der Waals surface area contributed by atoms with E-state index >= 15 is 0 Å². The van der Waals surface area contributed by atoms with Crippen LogP contribution in [0.5, 0.6) is 5.88 Å². The highest BCUT2D eigenvalue weighted by molar-refractivity contribution is 5.94. The minimum atomic E-state index is -0.246. The molecule has 0 unspecified atom stereocenters. The number of allylic oxidation sites excluding steroid dienone is 3. The summed E-state index contributed by atoms with van der Waals surface area (Å²) in [4.78, 5) is 34.4. The monoisotopic (exact) mass is 499 g/mol. The third kappa shape index (κ3) is 5.11. The lowest BCUT2D eigenvalue weighted by molar-refractivity contribution is 0.0742. The van der Waals surface area contributed by atoms with Crippen molar-refractivity contribution in [1.82, 2.24) is 14.9 Å². The van der Waals surface area contributed by atoms with E-state index in [-0.39, 0.29) is 23.5 Å². The first kappa shape index (κ1) is 23.9. The smallest absolute Gasteiger partial charge is 0.255 e. The van der Waals surface area contributed by atoms with E-state index in [0.29, 0.717) is 47.8 Å². The second kappa shape index (κ2) is 10.5. The number of rotatable bonds is 6. The van der Waals surface area contributed by atoms with E-state index in [4.69, 9.17) is 14.2 Å². The Labute approximate surface area is 213 Å². The van der Waals surface area contributed by atoms with Gasteiger partial charge in [0.2, 0.25) is 11.4 Å². The van der Waals surface area contributed by atoms with E-state index < -0.39 is 0 Å². The Morgan fingerprint density at radius 1 is 1.35 bits per heavy atom. The van der Waals surface area contributed by atoms with Crippen LogP contribution in [0.15, 0.2) is 83.3 Å². The molecule has 1 fully saturated rings. The van der Waals surface area contributed by atoms with Crippen molar-refractivity contribution in [2.45, 2.75) is 25.4 Å². The number of likely N-dealkylation sites (tertiary alicyclic amines) is 1. The molecular weight excluding hydrogens is 474 g/mol. The van der Waals surface area contributed by atoms with Gasteiger partial charge >= 0.3 is 0 Å². The molecule has 1 N–H and O–H groups in total. The molecule has 0 bridgehead atoms. The molecule has 0 saturated carbocycles. The highest BCUT2D eigenvalue weighted by Crippen LogP contribution is 2.33. The van der Waals surface area contributed by atoms with Crippen molar-refractivity contribution < 1.29 is 19.0 Å². The molecule has 0 aromatic carbocycles. The van der Waals surface area contributed by atoms with Crippen LogP contribution >= 0.6 is 0 Å². The number of hydrogen-bond acceptors (Lipinski definition) is 8. The molecule has 37 heavy (non-hydrogen) atoms. The molecule has 1 atom stereocenters. The van der Waals surface area contributed by atoms with E-state index in [1.165, 1.54) is 25.4 Å². The normalized spacial score (nSPS) is 18.8. The van der Waals surface area contributed by atoms with Gasteiger partial charge in [-0.1, -0.05) is 6.08 Å². The maximum Gasteiger partial charge on any atom is 0.255 e. The Kier molecular flexibility index (Phi) is 6.76. The number of amides is 1. The molecule has 1 amide bonds. The molecule has 1 aliphatic carbocycles. The van der Waals surface area contributed by atoms with Gasteiger partial charge in [0, 0.05) is 37.0 Å². The molecule has 1 saturated heterocycles. The van der Waals surface area contributed by atoms with Gasteiger partial charge in [0.25, 0.3) is 5.91 Å². The predicted molar refractivity (Wildman–Crippen MR) is 134 cm³/mol. The summed E-state index contributed by atoms with van der Waals surface area (Å²) in [6.07, 6.45) is 14.3. The number of nitrogens with one attached hydrogen (secondary N) is 1. The number of methoxy groups -OCH3 is 1. The van der Waals surface area contributed by atoms with Crippen molar-refractivity contribution in [3.63, 3.8) is 0 Å². The van der Waals surface area contributed by atoms with Gasteiger partial charge in [0.15, 0.2) is 0 Å². The van der Waals surface area contributed by atoms with Crippen molar-refractivity contribution in [3.05, 3.63) is 100.0 Å². The third-order valence-corrected chi connectivity index (χ3v) is 6.30. The van der Waals surface area contributed by atoms with E-state index in [0.717, 1.165) is 18.4 Å². The molecule has 0 spiro atoms. The zero-order valence-corrected chi connectivity index (χ0v) is 20.2. The largest absolute Gasteiger partial charge is 0.488 e. The van der Waals surface area contributed by atoms with Crippen molar-refractivity contribution >= 4 is 11.6 Å². The van der Waals surface area contributed by atoms with Crippen LogP contribution in [-0.2, 0) is 9.47 Å². The molecule has 188 valence electrons. The molecule has 4 heterocycles. The van der Waals surface area contributed by atoms with E-state index in [1.54, 1.807) is 29.6 Å². The van der Waals surface area contributed by atoms with Gasteiger partial charge in [-0.25, -0.2) is 4.98 Å². The Morgan fingerprint density at radius 3 is 3.03 bits per heavy atom. The molecule has 0 radical (unpaired) electrons. The number of hydrogen-bond donors (Lipinski definition) is 1.